The molecule has 0 aromatic carbocycles. The quantitative estimate of drug-likeness (QED) is 0.253. The number of ketones is 2. The molecule has 5 heteroatoms. The lowest BCUT2D eigenvalue weighted by Crippen LogP contribution is -2.21. The standard InChI is InChI=1S/C24H40O5/c1-2-3-4-7-10-13-19(25)16-17-21-20(22(26)18-23(21)27)14-11-8-5-6-9-12-15-24(28)29/h8,11,20-21,23,27H,2-7,9-10,12-18H2,1H3,(H,28,29)/b11-8-/t20-,21-,23-/m1/s1. The molecule has 2 N–H and O–H groups in total. The number of carbonyl (C=O) groups is 3. The summed E-state index contributed by atoms with van der Waals surface area (Å²) in [6.07, 6.45) is 15.3. The molecule has 0 aromatic heterocycles. The van der Waals surface area contributed by atoms with Gasteiger partial charge in [-0.1, -0.05) is 51.2 Å². The summed E-state index contributed by atoms with van der Waals surface area (Å²) in [4.78, 5) is 34.9. The highest BCUT2D eigenvalue weighted by atomic mass is 16.4. The zero-order valence-corrected chi connectivity index (χ0v) is 18.1. The summed E-state index contributed by atoms with van der Waals surface area (Å²) in [7, 11) is 0. The largest absolute Gasteiger partial charge is 0.481 e. The van der Waals surface area contributed by atoms with E-state index in [1.54, 1.807) is 0 Å². The molecule has 0 unspecified atom stereocenters. The molecular formula is C24H40O5. The molecule has 1 saturated carbocycles. The Kier molecular flexibility index (Phi) is 13.5. The molecule has 1 rings (SSSR count). The van der Waals surface area contributed by atoms with Crippen molar-refractivity contribution in [2.24, 2.45) is 11.8 Å². The molecule has 1 aliphatic rings. The molecule has 5 nitrogen and oxygen atoms in total. The van der Waals surface area contributed by atoms with E-state index in [-0.39, 0.29) is 36.2 Å². The normalized spacial score (nSPS) is 21.9. The number of carboxylic acids is 1. The Labute approximate surface area is 176 Å². The molecule has 0 aliphatic heterocycles. The second kappa shape index (κ2) is 15.4. The van der Waals surface area contributed by atoms with E-state index in [1.165, 1.54) is 19.3 Å². The van der Waals surface area contributed by atoms with Gasteiger partial charge in [0.2, 0.25) is 0 Å². The zero-order chi connectivity index (χ0) is 21.5. The summed E-state index contributed by atoms with van der Waals surface area (Å²) in [5, 5.41) is 18.9. The number of hydrogen-bond acceptors (Lipinski definition) is 4. The first kappa shape index (κ1) is 25.5. The van der Waals surface area contributed by atoms with Crippen molar-refractivity contribution in [3.63, 3.8) is 0 Å². The van der Waals surface area contributed by atoms with Gasteiger partial charge in [0.1, 0.15) is 11.6 Å². The maximum absolute atomic E-state index is 12.2. The summed E-state index contributed by atoms with van der Waals surface area (Å²) in [6.45, 7) is 2.17. The predicted octanol–water partition coefficient (Wildman–Crippen LogP) is 5.24. The molecule has 166 valence electrons. The number of rotatable bonds is 17. The molecule has 3 atom stereocenters. The van der Waals surface area contributed by atoms with Crippen molar-refractivity contribution in [1.29, 1.82) is 0 Å². The molecule has 0 heterocycles. The van der Waals surface area contributed by atoms with Gasteiger partial charge in [0.25, 0.3) is 0 Å². The van der Waals surface area contributed by atoms with E-state index in [0.29, 0.717) is 32.1 Å². The highest BCUT2D eigenvalue weighted by Crippen LogP contribution is 2.35. The first-order valence-corrected chi connectivity index (χ1v) is 11.5. The molecule has 0 amide bonds. The van der Waals surface area contributed by atoms with Crippen molar-refractivity contribution >= 4 is 17.5 Å². The van der Waals surface area contributed by atoms with Gasteiger partial charge in [-0.05, 0) is 44.4 Å². The van der Waals surface area contributed by atoms with Gasteiger partial charge in [-0.3, -0.25) is 14.4 Å². The Morgan fingerprint density at radius 1 is 0.966 bits per heavy atom. The minimum absolute atomic E-state index is 0.105. The highest BCUT2D eigenvalue weighted by Gasteiger charge is 2.40. The molecule has 0 radical (unpaired) electrons. The van der Waals surface area contributed by atoms with E-state index in [2.05, 4.69) is 13.0 Å². The number of Topliss-reactive ketones (excluding diaryl/α,β-unsaturated/α-hetero) is 2. The fourth-order valence-corrected chi connectivity index (χ4v) is 4.17. The topological polar surface area (TPSA) is 91.7 Å². The maximum Gasteiger partial charge on any atom is 0.303 e. The van der Waals surface area contributed by atoms with Gasteiger partial charge in [-0.25, -0.2) is 0 Å². The third kappa shape index (κ3) is 11.3. The molecule has 0 spiro atoms. The van der Waals surface area contributed by atoms with Crippen LogP contribution < -0.4 is 0 Å². The van der Waals surface area contributed by atoms with Crippen molar-refractivity contribution in [2.45, 2.75) is 109 Å². The van der Waals surface area contributed by atoms with Crippen LogP contribution in [0, 0.1) is 11.8 Å². The zero-order valence-electron chi connectivity index (χ0n) is 18.1. The van der Waals surface area contributed by atoms with Gasteiger partial charge in [-0.2, -0.15) is 0 Å². The smallest absolute Gasteiger partial charge is 0.303 e. The molecular weight excluding hydrogens is 368 g/mol. The molecule has 1 aliphatic carbocycles. The van der Waals surface area contributed by atoms with Crippen LogP contribution in [0.3, 0.4) is 0 Å². The van der Waals surface area contributed by atoms with Crippen molar-refractivity contribution in [3.8, 4) is 0 Å². The van der Waals surface area contributed by atoms with Gasteiger partial charge in [0, 0.05) is 31.6 Å². The molecule has 0 aromatic rings. The average molecular weight is 409 g/mol. The van der Waals surface area contributed by atoms with Crippen LogP contribution in [-0.2, 0) is 14.4 Å². The Bertz CT molecular complexity index is 525. The minimum atomic E-state index is -0.750. The van der Waals surface area contributed by atoms with Crippen LogP contribution in [0.4, 0.5) is 0 Å². The number of carbonyl (C=O) groups excluding carboxylic acids is 2. The number of hydrogen-bond donors (Lipinski definition) is 2. The van der Waals surface area contributed by atoms with Crippen LogP contribution >= 0.6 is 0 Å². The van der Waals surface area contributed by atoms with Crippen LogP contribution in [0.1, 0.15) is 103 Å². The molecule has 1 fully saturated rings. The summed E-state index contributed by atoms with van der Waals surface area (Å²) in [5.41, 5.74) is 0. The van der Waals surface area contributed by atoms with E-state index in [0.717, 1.165) is 32.1 Å². The summed E-state index contributed by atoms with van der Waals surface area (Å²) < 4.78 is 0. The van der Waals surface area contributed by atoms with E-state index in [9.17, 15) is 19.5 Å². The Hall–Kier alpha value is -1.49. The Balaban J connectivity index is 2.28. The average Bonchev–Trinajstić information content (AvgIpc) is 2.94. The second-order valence-electron chi connectivity index (χ2n) is 8.45. The Morgan fingerprint density at radius 2 is 1.66 bits per heavy atom. The van der Waals surface area contributed by atoms with Gasteiger partial charge in [0.05, 0.1) is 6.10 Å². The van der Waals surface area contributed by atoms with Gasteiger partial charge in [-0.15, -0.1) is 0 Å². The number of aliphatic hydroxyl groups is 1. The fraction of sp³-hybridized carbons (Fsp3) is 0.792. The van der Waals surface area contributed by atoms with Crippen molar-refractivity contribution in [2.75, 3.05) is 0 Å². The summed E-state index contributed by atoms with van der Waals surface area (Å²) in [6, 6.07) is 0. The highest BCUT2D eigenvalue weighted by molar-refractivity contribution is 5.84. The van der Waals surface area contributed by atoms with Gasteiger partial charge in [0.15, 0.2) is 0 Å². The number of aliphatic carboxylic acids is 1. The number of allylic oxidation sites excluding steroid dienone is 2. The lowest BCUT2D eigenvalue weighted by molar-refractivity contribution is -0.137. The van der Waals surface area contributed by atoms with Crippen LogP contribution in [0.15, 0.2) is 12.2 Å². The number of unbranched alkanes of at least 4 members (excludes halogenated alkanes) is 7. The lowest BCUT2D eigenvalue weighted by atomic mass is 9.86. The Morgan fingerprint density at radius 3 is 2.38 bits per heavy atom. The third-order valence-corrected chi connectivity index (χ3v) is 5.97. The van der Waals surface area contributed by atoms with E-state index in [1.807, 2.05) is 6.08 Å². The van der Waals surface area contributed by atoms with E-state index in [4.69, 9.17) is 5.11 Å². The fourth-order valence-electron chi connectivity index (χ4n) is 4.17. The molecule has 0 saturated heterocycles. The predicted molar refractivity (Wildman–Crippen MR) is 115 cm³/mol. The second-order valence-corrected chi connectivity index (χ2v) is 8.45. The molecule has 29 heavy (non-hydrogen) atoms. The monoisotopic (exact) mass is 408 g/mol. The minimum Gasteiger partial charge on any atom is -0.481 e. The first-order chi connectivity index (χ1) is 14.0. The first-order valence-electron chi connectivity index (χ1n) is 11.5. The van der Waals surface area contributed by atoms with Crippen molar-refractivity contribution < 1.29 is 24.6 Å². The molecule has 0 bridgehead atoms. The third-order valence-electron chi connectivity index (χ3n) is 5.97. The summed E-state index contributed by atoms with van der Waals surface area (Å²) >= 11 is 0. The van der Waals surface area contributed by atoms with Crippen molar-refractivity contribution in [1.82, 2.24) is 0 Å². The maximum atomic E-state index is 12.2. The van der Waals surface area contributed by atoms with Crippen LogP contribution in [0.5, 0.6) is 0 Å². The van der Waals surface area contributed by atoms with Gasteiger partial charge < -0.3 is 10.2 Å². The van der Waals surface area contributed by atoms with Crippen LogP contribution in [0.2, 0.25) is 0 Å². The number of carboxylic acid groups (broad SMARTS) is 1. The summed E-state index contributed by atoms with van der Waals surface area (Å²) in [5.74, 6) is -0.665. The van der Waals surface area contributed by atoms with Crippen LogP contribution in [-0.4, -0.2) is 33.9 Å². The van der Waals surface area contributed by atoms with Gasteiger partial charge >= 0.3 is 5.97 Å². The van der Waals surface area contributed by atoms with Crippen LogP contribution in [0.25, 0.3) is 0 Å². The van der Waals surface area contributed by atoms with Crippen molar-refractivity contribution in [3.05, 3.63) is 12.2 Å². The SMILES string of the molecule is CCCCCCCC(=O)CC[C@H]1[C@H](O)CC(=O)[C@@H]1C/C=C\CCCCCC(=O)O. The van der Waals surface area contributed by atoms with E-state index >= 15 is 0 Å². The number of aliphatic hydroxyl groups excluding tert-OH is 1. The lowest BCUT2D eigenvalue weighted by Gasteiger charge is -2.19. The van der Waals surface area contributed by atoms with E-state index < -0.39 is 12.1 Å².